The second-order valence-corrected chi connectivity index (χ2v) is 13.3. The summed E-state index contributed by atoms with van der Waals surface area (Å²) in [6, 6.07) is 22.6. The molecule has 254 valence electrons. The standard InChI is InChI=1S/C35H29Cl2F3N4O4S/c1-22-16-24(8-14-31(22)43-49(46,47)41-19-34(45)48-2)20-44-21-32(29-13-12-28(36)18-30(29)37)42-33(44)15-9-23-6-10-25(11-7-23)26-4-3-5-27(17-26)35(38,39)40/h3-18,21,41,43H,19-20H2,1-2H3/b15-9+. The largest absolute Gasteiger partial charge is 0.468 e. The van der Waals surface area contributed by atoms with Gasteiger partial charge in [-0.2, -0.15) is 26.3 Å². The van der Waals surface area contributed by atoms with E-state index < -0.39 is 34.5 Å². The average Bonchev–Trinajstić information content (AvgIpc) is 3.45. The fourth-order valence-corrected chi connectivity index (χ4v) is 6.30. The Morgan fingerprint density at radius 2 is 1.71 bits per heavy atom. The van der Waals surface area contributed by atoms with Crippen LogP contribution in [0.1, 0.15) is 28.1 Å². The minimum absolute atomic E-state index is 0.328. The van der Waals surface area contributed by atoms with Crippen molar-refractivity contribution in [1.29, 1.82) is 0 Å². The van der Waals surface area contributed by atoms with Gasteiger partial charge in [0.1, 0.15) is 12.4 Å². The lowest BCUT2D eigenvalue weighted by Crippen LogP contribution is -2.34. The molecule has 0 unspecified atom stereocenters. The molecule has 0 saturated heterocycles. The maximum Gasteiger partial charge on any atom is 0.416 e. The Hall–Kier alpha value is -4.62. The third-order valence-electron chi connectivity index (χ3n) is 7.40. The van der Waals surface area contributed by atoms with Crippen molar-refractivity contribution in [2.24, 2.45) is 0 Å². The summed E-state index contributed by atoms with van der Waals surface area (Å²) in [4.78, 5) is 16.2. The fraction of sp³-hybridized carbons (Fsp3) is 0.143. The number of ether oxygens (including phenoxy) is 1. The average molecular weight is 730 g/mol. The molecule has 5 aromatic rings. The summed E-state index contributed by atoms with van der Waals surface area (Å²) in [7, 11) is -2.87. The number of hydrogen-bond acceptors (Lipinski definition) is 5. The molecule has 0 spiro atoms. The zero-order valence-electron chi connectivity index (χ0n) is 26.1. The molecule has 2 N–H and O–H groups in total. The smallest absolute Gasteiger partial charge is 0.416 e. The lowest BCUT2D eigenvalue weighted by Gasteiger charge is -2.13. The molecule has 0 radical (unpaired) electrons. The molecular weight excluding hydrogens is 700 g/mol. The fourth-order valence-electron chi connectivity index (χ4n) is 4.89. The van der Waals surface area contributed by atoms with Crippen LogP contribution in [-0.2, 0) is 32.5 Å². The summed E-state index contributed by atoms with van der Waals surface area (Å²) in [6.45, 7) is 1.60. The zero-order chi connectivity index (χ0) is 35.3. The maximum absolute atomic E-state index is 13.2. The highest BCUT2D eigenvalue weighted by Gasteiger charge is 2.30. The number of halogens is 5. The highest BCUT2D eigenvalue weighted by atomic mass is 35.5. The number of benzene rings is 4. The summed E-state index contributed by atoms with van der Waals surface area (Å²) in [6.07, 6.45) is 1.06. The molecule has 1 aromatic heterocycles. The monoisotopic (exact) mass is 728 g/mol. The quantitative estimate of drug-likeness (QED) is 0.133. The Morgan fingerprint density at radius 3 is 2.39 bits per heavy atom. The van der Waals surface area contributed by atoms with Crippen molar-refractivity contribution in [3.05, 3.63) is 129 Å². The van der Waals surface area contributed by atoms with Gasteiger partial charge in [-0.25, -0.2) is 4.98 Å². The number of nitrogens with one attached hydrogen (secondary N) is 2. The van der Waals surface area contributed by atoms with Crippen LogP contribution in [0.2, 0.25) is 10.0 Å². The van der Waals surface area contributed by atoms with E-state index in [2.05, 4.69) is 14.2 Å². The predicted octanol–water partition coefficient (Wildman–Crippen LogP) is 8.49. The van der Waals surface area contributed by atoms with Gasteiger partial charge in [0.05, 0.1) is 29.1 Å². The molecule has 0 aliphatic heterocycles. The second kappa shape index (κ2) is 14.9. The second-order valence-electron chi connectivity index (χ2n) is 10.9. The van der Waals surface area contributed by atoms with Gasteiger partial charge in [0.15, 0.2) is 0 Å². The number of aryl methyl sites for hydroxylation is 1. The number of methoxy groups -OCH3 is 1. The molecular formula is C35H29Cl2F3N4O4S. The first-order valence-electron chi connectivity index (χ1n) is 14.6. The molecule has 0 bridgehead atoms. The normalized spacial score (nSPS) is 12.0. The Kier molecular flexibility index (Phi) is 10.8. The third kappa shape index (κ3) is 9.30. The number of carbonyl (C=O) groups is 1. The summed E-state index contributed by atoms with van der Waals surface area (Å²) < 4.78 is 75.4. The van der Waals surface area contributed by atoms with Gasteiger partial charge in [0, 0.05) is 23.3 Å². The molecule has 5 rings (SSSR count). The Balaban J connectivity index is 1.41. The number of anilines is 1. The first kappa shape index (κ1) is 35.7. The van der Waals surface area contributed by atoms with E-state index in [0.29, 0.717) is 56.0 Å². The van der Waals surface area contributed by atoms with Gasteiger partial charge in [0.25, 0.3) is 10.2 Å². The molecule has 1 heterocycles. The van der Waals surface area contributed by atoms with Crippen LogP contribution >= 0.6 is 23.2 Å². The SMILES string of the molecule is COC(=O)CNS(=O)(=O)Nc1ccc(Cn2cc(-c3ccc(Cl)cc3Cl)nc2/C=C/c2ccc(-c3cccc(C(F)(F)F)c3)cc2)cc1C. The molecule has 4 aromatic carbocycles. The van der Waals surface area contributed by atoms with E-state index in [4.69, 9.17) is 28.2 Å². The van der Waals surface area contributed by atoms with Crippen molar-refractivity contribution in [1.82, 2.24) is 14.3 Å². The van der Waals surface area contributed by atoms with E-state index in [0.717, 1.165) is 30.4 Å². The highest BCUT2D eigenvalue weighted by molar-refractivity contribution is 7.90. The van der Waals surface area contributed by atoms with Crippen molar-refractivity contribution in [2.45, 2.75) is 19.6 Å². The number of alkyl halides is 3. The Morgan fingerprint density at radius 1 is 0.959 bits per heavy atom. The number of nitrogens with zero attached hydrogens (tertiary/aromatic N) is 2. The minimum atomic E-state index is -4.43. The van der Waals surface area contributed by atoms with Crippen molar-refractivity contribution in [3.63, 3.8) is 0 Å². The number of esters is 1. The molecule has 14 heteroatoms. The third-order valence-corrected chi connectivity index (χ3v) is 8.96. The predicted molar refractivity (Wildman–Crippen MR) is 186 cm³/mol. The van der Waals surface area contributed by atoms with Gasteiger partial charge < -0.3 is 9.30 Å². The molecule has 0 aliphatic rings. The van der Waals surface area contributed by atoms with Gasteiger partial charge in [0.2, 0.25) is 0 Å². The zero-order valence-corrected chi connectivity index (χ0v) is 28.4. The first-order valence-corrected chi connectivity index (χ1v) is 16.9. The van der Waals surface area contributed by atoms with Crippen LogP contribution in [0.4, 0.5) is 18.9 Å². The molecule has 0 fully saturated rings. The van der Waals surface area contributed by atoms with Crippen LogP contribution in [0.5, 0.6) is 0 Å². The minimum Gasteiger partial charge on any atom is -0.468 e. The summed E-state index contributed by atoms with van der Waals surface area (Å²) >= 11 is 12.6. The molecule has 49 heavy (non-hydrogen) atoms. The Labute approximate surface area is 291 Å². The van der Waals surface area contributed by atoms with Gasteiger partial charge in [-0.1, -0.05) is 77.8 Å². The number of rotatable bonds is 11. The molecule has 8 nitrogen and oxygen atoms in total. The van der Waals surface area contributed by atoms with Crippen molar-refractivity contribution in [2.75, 3.05) is 18.4 Å². The van der Waals surface area contributed by atoms with Crippen molar-refractivity contribution in [3.8, 4) is 22.4 Å². The van der Waals surface area contributed by atoms with Crippen LogP contribution in [0, 0.1) is 6.92 Å². The van der Waals surface area contributed by atoms with Crippen LogP contribution in [0.15, 0.2) is 91.1 Å². The van der Waals surface area contributed by atoms with Gasteiger partial charge in [-0.05, 0) is 77.2 Å². The van der Waals surface area contributed by atoms with E-state index >= 15 is 0 Å². The number of carbonyl (C=O) groups excluding carboxylic acids is 1. The summed E-state index contributed by atoms with van der Waals surface area (Å²) in [5.41, 5.74) is 4.26. The van der Waals surface area contributed by atoms with Crippen molar-refractivity contribution >= 4 is 57.2 Å². The lowest BCUT2D eigenvalue weighted by molar-refractivity contribution is -0.139. The van der Waals surface area contributed by atoms with E-state index in [-0.39, 0.29) is 0 Å². The van der Waals surface area contributed by atoms with E-state index in [1.165, 1.54) is 6.07 Å². The van der Waals surface area contributed by atoms with Gasteiger partial charge >= 0.3 is 12.1 Å². The van der Waals surface area contributed by atoms with Crippen LogP contribution < -0.4 is 9.44 Å². The van der Waals surface area contributed by atoms with E-state index in [1.807, 2.05) is 29.0 Å². The van der Waals surface area contributed by atoms with Crippen molar-refractivity contribution < 1.29 is 31.1 Å². The van der Waals surface area contributed by atoms with Gasteiger partial charge in [-0.3, -0.25) is 9.52 Å². The summed E-state index contributed by atoms with van der Waals surface area (Å²) in [5.74, 6) is -0.147. The topological polar surface area (TPSA) is 102 Å². The maximum atomic E-state index is 13.2. The van der Waals surface area contributed by atoms with Gasteiger partial charge in [-0.15, -0.1) is 0 Å². The van der Waals surface area contributed by atoms with E-state index in [9.17, 15) is 26.4 Å². The number of imidazole rings is 1. The number of hydrogen-bond donors (Lipinski definition) is 2. The van der Waals surface area contributed by atoms with Crippen LogP contribution in [0.25, 0.3) is 34.5 Å². The molecule has 0 atom stereocenters. The van der Waals surface area contributed by atoms with Crippen LogP contribution in [0.3, 0.4) is 0 Å². The summed E-state index contributed by atoms with van der Waals surface area (Å²) in [5, 5.41) is 0.903. The number of aromatic nitrogens is 2. The lowest BCUT2D eigenvalue weighted by atomic mass is 10.0. The highest BCUT2D eigenvalue weighted by Crippen LogP contribution is 2.33. The Bertz CT molecular complexity index is 2130. The molecule has 0 aliphatic carbocycles. The first-order chi connectivity index (χ1) is 23.2. The van der Waals surface area contributed by atoms with Crippen LogP contribution in [-0.4, -0.2) is 37.6 Å². The molecule has 0 saturated carbocycles. The van der Waals surface area contributed by atoms with E-state index in [1.54, 1.807) is 67.6 Å². The molecule has 0 amide bonds.